The van der Waals surface area contributed by atoms with Gasteiger partial charge in [-0.15, -0.1) is 0 Å². The summed E-state index contributed by atoms with van der Waals surface area (Å²) in [5.41, 5.74) is 0.828. The number of hydrogen-bond donors (Lipinski definition) is 4. The number of β-amino-alcohol motifs (C(OH)–C–C–N with tert-alkyl or cyclic N) is 2. The molecule has 1 aromatic carbocycles. The van der Waals surface area contributed by atoms with Gasteiger partial charge in [-0.25, -0.2) is 4.39 Å². The number of aliphatic hydroxyl groups is 4. The molecule has 5 atom stereocenters. The minimum atomic E-state index is -1.37. The zero-order valence-electron chi connectivity index (χ0n) is 15.3. The molecule has 1 aromatic rings. The summed E-state index contributed by atoms with van der Waals surface area (Å²) in [6, 6.07) is 7.29. The summed E-state index contributed by atoms with van der Waals surface area (Å²) in [6.07, 6.45) is -4.38. The summed E-state index contributed by atoms with van der Waals surface area (Å²) in [5.74, 6) is 0. The average molecular weight is 406 g/mol. The average Bonchev–Trinajstić information content (AvgIpc) is 2.73. The Bertz CT molecular complexity index is 551. The van der Waals surface area contributed by atoms with Crippen LogP contribution >= 0.6 is 11.6 Å². The first kappa shape index (κ1) is 22.5. The van der Waals surface area contributed by atoms with E-state index >= 15 is 0 Å². The highest BCUT2D eigenvalue weighted by molar-refractivity contribution is 6.31. The van der Waals surface area contributed by atoms with Crippen LogP contribution in [0.5, 0.6) is 0 Å². The van der Waals surface area contributed by atoms with Crippen molar-refractivity contribution in [3.8, 4) is 0 Å². The van der Waals surface area contributed by atoms with Gasteiger partial charge < -0.3 is 25.2 Å². The molecule has 1 fully saturated rings. The molecule has 1 aliphatic rings. The number of likely N-dealkylation sites (tertiary alicyclic amines) is 1. The molecule has 0 aliphatic carbocycles. The predicted octanol–water partition coefficient (Wildman–Crippen LogP) is 1.12. The second kappa shape index (κ2) is 11.3. The van der Waals surface area contributed by atoms with Gasteiger partial charge in [0.2, 0.25) is 0 Å². The smallest absolute Gasteiger partial charge is 0.123 e. The van der Waals surface area contributed by atoms with E-state index in [1.165, 1.54) is 0 Å². The number of halogens is 2. The van der Waals surface area contributed by atoms with Gasteiger partial charge in [-0.3, -0.25) is 4.90 Å². The van der Waals surface area contributed by atoms with E-state index in [1.807, 2.05) is 18.2 Å². The van der Waals surface area contributed by atoms with Crippen molar-refractivity contribution in [2.24, 2.45) is 0 Å². The molecule has 1 aliphatic heterocycles. The van der Waals surface area contributed by atoms with E-state index < -0.39 is 30.6 Å². The first-order valence-corrected chi connectivity index (χ1v) is 9.66. The van der Waals surface area contributed by atoms with Crippen LogP contribution in [0.3, 0.4) is 0 Å². The maximum atomic E-state index is 13.9. The topological polar surface area (TPSA) is 93.4 Å². The first-order valence-electron chi connectivity index (χ1n) is 9.28. The highest BCUT2D eigenvalue weighted by atomic mass is 35.5. The van der Waals surface area contributed by atoms with Gasteiger partial charge in [0.1, 0.15) is 18.4 Å². The maximum Gasteiger partial charge on any atom is 0.123 e. The third-order valence-electron chi connectivity index (χ3n) is 4.78. The number of alkyl halides is 1. The van der Waals surface area contributed by atoms with Crippen LogP contribution < -0.4 is 0 Å². The van der Waals surface area contributed by atoms with Crippen molar-refractivity contribution in [3.05, 3.63) is 34.9 Å². The van der Waals surface area contributed by atoms with Crippen LogP contribution in [-0.4, -0.2) is 82.2 Å². The molecule has 8 heteroatoms. The third kappa shape index (κ3) is 7.27. The Kier molecular flexibility index (Phi) is 9.38. The molecule has 154 valence electrons. The van der Waals surface area contributed by atoms with Gasteiger partial charge in [0.05, 0.1) is 25.4 Å². The Morgan fingerprint density at radius 3 is 2.33 bits per heavy atom. The van der Waals surface area contributed by atoms with Crippen LogP contribution in [0, 0.1) is 0 Å². The fourth-order valence-corrected chi connectivity index (χ4v) is 3.34. The Morgan fingerprint density at radius 1 is 1.07 bits per heavy atom. The minimum absolute atomic E-state index is 0.00471. The Hall–Kier alpha value is -0.800. The van der Waals surface area contributed by atoms with E-state index in [2.05, 4.69) is 0 Å². The lowest BCUT2D eigenvalue weighted by Crippen LogP contribution is -2.43. The van der Waals surface area contributed by atoms with Gasteiger partial charge in [0.15, 0.2) is 0 Å². The Balaban J connectivity index is 1.61. The molecular weight excluding hydrogens is 377 g/mol. The van der Waals surface area contributed by atoms with Gasteiger partial charge in [-0.05, 0) is 37.4 Å². The molecule has 0 spiro atoms. The standard InChI is InChI=1S/C19H29ClFNO5/c20-15-7-2-1-5-13(15)11-27-12-14(21)6-3-4-8-22-9-16(23)18(25)19(26)17(24)10-22/h1-2,5,7,14,16-19,23-26H,3-4,6,8-12H2/t14?,16-,17-,18+,19+/m0/s1. The normalized spacial score (nSPS) is 28.1. The number of unbranched alkanes of at least 4 members (excludes halogenated alkanes) is 1. The zero-order valence-corrected chi connectivity index (χ0v) is 16.0. The Morgan fingerprint density at radius 2 is 1.70 bits per heavy atom. The first-order chi connectivity index (χ1) is 12.9. The van der Waals surface area contributed by atoms with Gasteiger partial charge in [-0.1, -0.05) is 29.8 Å². The van der Waals surface area contributed by atoms with Crippen molar-refractivity contribution in [1.82, 2.24) is 4.90 Å². The lowest BCUT2D eigenvalue weighted by Gasteiger charge is -2.23. The predicted molar refractivity (Wildman–Crippen MR) is 100 cm³/mol. The van der Waals surface area contributed by atoms with Crippen molar-refractivity contribution >= 4 is 11.6 Å². The monoisotopic (exact) mass is 405 g/mol. The van der Waals surface area contributed by atoms with Crippen LogP contribution in [0.4, 0.5) is 4.39 Å². The summed E-state index contributed by atoms with van der Waals surface area (Å²) in [7, 11) is 0. The summed E-state index contributed by atoms with van der Waals surface area (Å²) < 4.78 is 19.3. The van der Waals surface area contributed by atoms with Crippen LogP contribution in [0.25, 0.3) is 0 Å². The second-order valence-electron chi connectivity index (χ2n) is 7.08. The summed E-state index contributed by atoms with van der Waals surface area (Å²) >= 11 is 6.02. The largest absolute Gasteiger partial charge is 0.389 e. The minimum Gasteiger partial charge on any atom is -0.389 e. The second-order valence-corrected chi connectivity index (χ2v) is 7.48. The zero-order chi connectivity index (χ0) is 19.8. The lowest BCUT2D eigenvalue weighted by molar-refractivity contribution is -0.0894. The van der Waals surface area contributed by atoms with E-state index in [4.69, 9.17) is 16.3 Å². The van der Waals surface area contributed by atoms with Crippen LogP contribution in [-0.2, 0) is 11.3 Å². The fraction of sp³-hybridized carbons (Fsp3) is 0.684. The number of rotatable bonds is 9. The van der Waals surface area contributed by atoms with E-state index in [9.17, 15) is 24.8 Å². The highest BCUT2D eigenvalue weighted by Gasteiger charge is 2.35. The van der Waals surface area contributed by atoms with E-state index in [0.29, 0.717) is 30.8 Å². The molecule has 4 N–H and O–H groups in total. The molecule has 2 rings (SSSR count). The molecule has 0 radical (unpaired) electrons. The number of ether oxygens (including phenoxy) is 1. The maximum absolute atomic E-state index is 13.9. The fourth-order valence-electron chi connectivity index (χ4n) is 3.15. The molecule has 1 heterocycles. The molecule has 0 aromatic heterocycles. The summed E-state index contributed by atoms with van der Waals surface area (Å²) in [4.78, 5) is 1.77. The van der Waals surface area contributed by atoms with Crippen molar-refractivity contribution in [2.45, 2.75) is 56.5 Å². The van der Waals surface area contributed by atoms with Crippen molar-refractivity contribution in [1.29, 1.82) is 0 Å². The van der Waals surface area contributed by atoms with E-state index in [0.717, 1.165) is 5.56 Å². The number of hydrogen-bond acceptors (Lipinski definition) is 6. The van der Waals surface area contributed by atoms with Gasteiger partial charge >= 0.3 is 0 Å². The SMILES string of the molecule is O[C@H]1[C@H](O)[C@@H](O)CN(CCCCC(F)COCc2ccccc2Cl)C[C@@H]1O. The van der Waals surface area contributed by atoms with Gasteiger partial charge in [0, 0.05) is 18.1 Å². The summed E-state index contributed by atoms with van der Waals surface area (Å²) in [5, 5.41) is 39.6. The van der Waals surface area contributed by atoms with E-state index in [1.54, 1.807) is 11.0 Å². The van der Waals surface area contributed by atoms with Crippen molar-refractivity contribution < 1.29 is 29.6 Å². The third-order valence-corrected chi connectivity index (χ3v) is 5.15. The summed E-state index contributed by atoms with van der Waals surface area (Å²) in [6.45, 7) is 1.14. The molecule has 0 saturated carbocycles. The lowest BCUT2D eigenvalue weighted by atomic mass is 10.1. The molecule has 0 bridgehead atoms. The number of benzene rings is 1. The van der Waals surface area contributed by atoms with Crippen LogP contribution in [0.15, 0.2) is 24.3 Å². The van der Waals surface area contributed by atoms with Gasteiger partial charge in [0.25, 0.3) is 0 Å². The molecule has 27 heavy (non-hydrogen) atoms. The van der Waals surface area contributed by atoms with Crippen LogP contribution in [0.2, 0.25) is 5.02 Å². The van der Waals surface area contributed by atoms with Gasteiger partial charge in [-0.2, -0.15) is 0 Å². The molecule has 1 unspecified atom stereocenters. The molecular formula is C19H29ClFNO5. The molecule has 1 saturated heterocycles. The number of nitrogens with zero attached hydrogens (tertiary/aromatic N) is 1. The van der Waals surface area contributed by atoms with Crippen LogP contribution in [0.1, 0.15) is 24.8 Å². The Labute approximate surface area is 164 Å². The highest BCUT2D eigenvalue weighted by Crippen LogP contribution is 2.17. The van der Waals surface area contributed by atoms with E-state index in [-0.39, 0.29) is 26.3 Å². The quantitative estimate of drug-likeness (QED) is 0.460. The molecule has 0 amide bonds. The number of aliphatic hydroxyl groups excluding tert-OH is 4. The van der Waals surface area contributed by atoms with Crippen molar-refractivity contribution in [2.75, 3.05) is 26.2 Å². The van der Waals surface area contributed by atoms with Crippen molar-refractivity contribution in [3.63, 3.8) is 0 Å². The molecule has 6 nitrogen and oxygen atoms in total.